The van der Waals surface area contributed by atoms with E-state index < -0.39 is 0 Å². The Bertz CT molecular complexity index is 752. The molecule has 0 aromatic heterocycles. The second kappa shape index (κ2) is 9.63. The van der Waals surface area contributed by atoms with E-state index in [0.29, 0.717) is 0 Å². The summed E-state index contributed by atoms with van der Waals surface area (Å²) in [6.45, 7) is 3.91. The zero-order valence-corrected chi connectivity index (χ0v) is 16.6. The molecule has 25 heavy (non-hydrogen) atoms. The van der Waals surface area contributed by atoms with E-state index >= 15 is 0 Å². The van der Waals surface area contributed by atoms with Crippen molar-refractivity contribution in [2.24, 2.45) is 0 Å². The number of carbonyl (C=O) groups is 2. The normalized spacial score (nSPS) is 11.6. The van der Waals surface area contributed by atoms with E-state index in [0.717, 1.165) is 21.3 Å². The van der Waals surface area contributed by atoms with Crippen molar-refractivity contribution in [1.29, 1.82) is 0 Å². The Morgan fingerprint density at radius 3 is 2.52 bits per heavy atom. The Kier molecular flexibility index (Phi) is 7.52. The zero-order chi connectivity index (χ0) is 18.2. The summed E-state index contributed by atoms with van der Waals surface area (Å²) >= 11 is 4.78. The first-order valence-corrected chi connectivity index (χ1v) is 9.88. The van der Waals surface area contributed by atoms with Gasteiger partial charge in [-0.2, -0.15) is 0 Å². The average molecular weight is 421 g/mol. The van der Waals surface area contributed by atoms with E-state index in [1.54, 1.807) is 0 Å². The molecule has 6 heteroatoms. The van der Waals surface area contributed by atoms with Gasteiger partial charge in [-0.3, -0.25) is 9.59 Å². The van der Waals surface area contributed by atoms with E-state index in [4.69, 9.17) is 0 Å². The number of hydrogen-bond donors (Lipinski definition) is 2. The van der Waals surface area contributed by atoms with Gasteiger partial charge in [-0.05, 0) is 43.2 Å². The average Bonchev–Trinajstić information content (AvgIpc) is 2.55. The van der Waals surface area contributed by atoms with Gasteiger partial charge in [0.25, 0.3) is 0 Å². The van der Waals surface area contributed by atoms with Crippen molar-refractivity contribution in [3.63, 3.8) is 0 Å². The highest BCUT2D eigenvalue weighted by atomic mass is 79.9. The number of aryl methyl sites for hydroxylation is 1. The first-order valence-electron chi connectivity index (χ1n) is 7.94. The molecule has 4 nitrogen and oxygen atoms in total. The summed E-state index contributed by atoms with van der Waals surface area (Å²) in [7, 11) is 0. The van der Waals surface area contributed by atoms with Crippen molar-refractivity contribution in [2.75, 3.05) is 16.8 Å². The minimum absolute atomic E-state index is 0.0865. The highest BCUT2D eigenvalue weighted by molar-refractivity contribution is 9.10. The molecule has 2 N–H and O–H groups in total. The molecule has 0 aliphatic carbocycles. The SMILES string of the molecule is Cc1cccc(NC(=O)CSCC(=O)NC(C)c2ccccc2Br)c1. The molecule has 0 heterocycles. The lowest BCUT2D eigenvalue weighted by molar-refractivity contribution is -0.119. The van der Waals surface area contributed by atoms with E-state index in [1.807, 2.05) is 62.4 Å². The molecular formula is C19H21BrN2O2S. The predicted octanol–water partition coefficient (Wildman–Crippen LogP) is 4.31. The van der Waals surface area contributed by atoms with Crippen LogP contribution in [-0.2, 0) is 9.59 Å². The van der Waals surface area contributed by atoms with Crippen LogP contribution in [0.15, 0.2) is 53.0 Å². The monoisotopic (exact) mass is 420 g/mol. The maximum absolute atomic E-state index is 12.0. The van der Waals surface area contributed by atoms with E-state index in [1.165, 1.54) is 11.8 Å². The third kappa shape index (κ3) is 6.55. The molecule has 0 spiro atoms. The van der Waals surface area contributed by atoms with E-state index in [9.17, 15) is 9.59 Å². The van der Waals surface area contributed by atoms with Crippen LogP contribution in [0.4, 0.5) is 5.69 Å². The van der Waals surface area contributed by atoms with Crippen molar-refractivity contribution >= 4 is 45.2 Å². The van der Waals surface area contributed by atoms with Crippen molar-refractivity contribution in [3.8, 4) is 0 Å². The number of hydrogen-bond acceptors (Lipinski definition) is 3. The molecule has 0 fully saturated rings. The van der Waals surface area contributed by atoms with Gasteiger partial charge in [-0.15, -0.1) is 11.8 Å². The Hall–Kier alpha value is -1.79. The lowest BCUT2D eigenvalue weighted by Gasteiger charge is -2.15. The standard InChI is InChI=1S/C19H21BrN2O2S/c1-13-6-5-7-15(10-13)22-19(24)12-25-11-18(23)21-14(2)16-8-3-4-9-17(16)20/h3-10,14H,11-12H2,1-2H3,(H,21,23)(H,22,24). The minimum Gasteiger partial charge on any atom is -0.349 e. The van der Waals surface area contributed by atoms with Gasteiger partial charge in [0.2, 0.25) is 11.8 Å². The van der Waals surface area contributed by atoms with Gasteiger partial charge in [0.05, 0.1) is 17.5 Å². The Morgan fingerprint density at radius 2 is 1.80 bits per heavy atom. The number of nitrogens with one attached hydrogen (secondary N) is 2. The molecule has 2 aromatic rings. The molecule has 2 aromatic carbocycles. The molecule has 1 unspecified atom stereocenters. The van der Waals surface area contributed by atoms with Crippen LogP contribution in [0.5, 0.6) is 0 Å². The number of amides is 2. The molecule has 0 saturated heterocycles. The molecule has 0 saturated carbocycles. The lowest BCUT2D eigenvalue weighted by atomic mass is 10.1. The summed E-state index contributed by atoms with van der Waals surface area (Å²) in [5.41, 5.74) is 2.89. The predicted molar refractivity (Wildman–Crippen MR) is 108 cm³/mol. The number of thioether (sulfide) groups is 1. The quantitative estimate of drug-likeness (QED) is 0.701. The van der Waals surface area contributed by atoms with Crippen LogP contribution < -0.4 is 10.6 Å². The third-order valence-electron chi connectivity index (χ3n) is 3.52. The largest absolute Gasteiger partial charge is 0.349 e. The number of anilines is 1. The van der Waals surface area contributed by atoms with Crippen LogP contribution in [0.25, 0.3) is 0 Å². The molecule has 2 amide bonds. The Balaban J connectivity index is 1.73. The fourth-order valence-electron chi connectivity index (χ4n) is 2.34. The van der Waals surface area contributed by atoms with Crippen molar-refractivity contribution in [1.82, 2.24) is 5.32 Å². The fraction of sp³-hybridized carbons (Fsp3) is 0.263. The summed E-state index contributed by atoms with van der Waals surface area (Å²) in [5, 5.41) is 5.78. The van der Waals surface area contributed by atoms with Crippen LogP contribution in [0.2, 0.25) is 0 Å². The van der Waals surface area contributed by atoms with Gasteiger partial charge in [-0.25, -0.2) is 0 Å². The van der Waals surface area contributed by atoms with E-state index in [2.05, 4.69) is 26.6 Å². The number of rotatable bonds is 7. The summed E-state index contributed by atoms with van der Waals surface area (Å²) in [6, 6.07) is 15.3. The number of benzene rings is 2. The first kappa shape index (κ1) is 19.5. The van der Waals surface area contributed by atoms with Crippen LogP contribution in [0.1, 0.15) is 24.1 Å². The van der Waals surface area contributed by atoms with Crippen LogP contribution in [0, 0.1) is 6.92 Å². The van der Waals surface area contributed by atoms with Crippen molar-refractivity contribution < 1.29 is 9.59 Å². The van der Waals surface area contributed by atoms with E-state index in [-0.39, 0.29) is 29.4 Å². The summed E-state index contributed by atoms with van der Waals surface area (Å²) < 4.78 is 0.966. The first-order chi connectivity index (χ1) is 12.0. The smallest absolute Gasteiger partial charge is 0.234 e. The van der Waals surface area contributed by atoms with Crippen molar-refractivity contribution in [2.45, 2.75) is 19.9 Å². The molecule has 0 bridgehead atoms. The molecule has 2 rings (SSSR count). The van der Waals surface area contributed by atoms with Crippen LogP contribution >= 0.6 is 27.7 Å². The summed E-state index contributed by atoms with van der Waals surface area (Å²) in [4.78, 5) is 24.0. The van der Waals surface area contributed by atoms with Gasteiger partial charge in [-0.1, -0.05) is 46.3 Å². The van der Waals surface area contributed by atoms with Gasteiger partial charge >= 0.3 is 0 Å². The Labute approximate surface area is 160 Å². The summed E-state index contributed by atoms with van der Waals surface area (Å²) in [6.07, 6.45) is 0. The fourth-order valence-corrected chi connectivity index (χ4v) is 3.60. The maximum atomic E-state index is 12.0. The number of halogens is 1. The number of carbonyl (C=O) groups excluding carboxylic acids is 2. The molecule has 1 atom stereocenters. The molecular weight excluding hydrogens is 400 g/mol. The van der Waals surface area contributed by atoms with Crippen molar-refractivity contribution in [3.05, 3.63) is 64.1 Å². The van der Waals surface area contributed by atoms with Gasteiger partial charge in [0.15, 0.2) is 0 Å². The second-order valence-electron chi connectivity index (χ2n) is 5.72. The molecule has 0 radical (unpaired) electrons. The Morgan fingerprint density at radius 1 is 1.08 bits per heavy atom. The van der Waals surface area contributed by atoms with Gasteiger partial charge in [0, 0.05) is 10.2 Å². The highest BCUT2D eigenvalue weighted by Crippen LogP contribution is 2.22. The van der Waals surface area contributed by atoms with Crippen LogP contribution in [-0.4, -0.2) is 23.3 Å². The van der Waals surface area contributed by atoms with Crippen LogP contribution in [0.3, 0.4) is 0 Å². The second-order valence-corrected chi connectivity index (χ2v) is 7.56. The minimum atomic E-state index is -0.109. The molecule has 0 aliphatic rings. The summed E-state index contributed by atoms with van der Waals surface area (Å²) in [5.74, 6) is 0.291. The molecule has 132 valence electrons. The zero-order valence-electron chi connectivity index (χ0n) is 14.2. The topological polar surface area (TPSA) is 58.2 Å². The molecule has 0 aliphatic heterocycles. The maximum Gasteiger partial charge on any atom is 0.234 e. The highest BCUT2D eigenvalue weighted by Gasteiger charge is 2.12. The lowest BCUT2D eigenvalue weighted by Crippen LogP contribution is -2.29. The van der Waals surface area contributed by atoms with Gasteiger partial charge in [0.1, 0.15) is 0 Å². The third-order valence-corrected chi connectivity index (χ3v) is 5.17. The van der Waals surface area contributed by atoms with Gasteiger partial charge < -0.3 is 10.6 Å².